The first-order chi connectivity index (χ1) is 9.09. The predicted octanol–water partition coefficient (Wildman–Crippen LogP) is 1.56. The van der Waals surface area contributed by atoms with E-state index < -0.39 is 5.60 Å². The summed E-state index contributed by atoms with van der Waals surface area (Å²) in [7, 11) is 0. The number of hydrogen-bond acceptors (Lipinski definition) is 6. The fourth-order valence-electron chi connectivity index (χ4n) is 2.24. The lowest BCUT2D eigenvalue weighted by molar-refractivity contribution is -0.118. The van der Waals surface area contributed by atoms with Gasteiger partial charge in [-0.25, -0.2) is 0 Å². The topological polar surface area (TPSA) is 83.4 Å². The largest absolute Gasteiger partial charge is 0.381 e. The van der Waals surface area contributed by atoms with Gasteiger partial charge in [0.1, 0.15) is 5.60 Å². The van der Waals surface area contributed by atoms with Gasteiger partial charge in [-0.1, -0.05) is 12.1 Å². The van der Waals surface area contributed by atoms with Gasteiger partial charge in [0.25, 0.3) is 0 Å². The molecule has 6 heteroatoms. The maximum atomic E-state index is 5.91. The van der Waals surface area contributed by atoms with Gasteiger partial charge in [-0.05, 0) is 13.8 Å². The second-order valence-corrected chi connectivity index (χ2v) is 5.14. The third-order valence-electron chi connectivity index (χ3n) is 3.75. The summed E-state index contributed by atoms with van der Waals surface area (Å²) >= 11 is 0. The predicted molar refractivity (Wildman–Crippen MR) is 69.7 cm³/mol. The molecule has 0 saturated carbocycles. The van der Waals surface area contributed by atoms with Crippen molar-refractivity contribution in [3.63, 3.8) is 0 Å². The van der Waals surface area contributed by atoms with Crippen LogP contribution in [0.15, 0.2) is 4.52 Å². The van der Waals surface area contributed by atoms with Crippen LogP contribution in [-0.2, 0) is 15.1 Å². The zero-order valence-electron chi connectivity index (χ0n) is 11.9. The van der Waals surface area contributed by atoms with Crippen LogP contribution in [0.2, 0.25) is 0 Å². The molecule has 1 aromatic rings. The summed E-state index contributed by atoms with van der Waals surface area (Å²) in [6.07, 6.45) is 1.51. The van der Waals surface area contributed by atoms with Gasteiger partial charge >= 0.3 is 0 Å². The van der Waals surface area contributed by atoms with E-state index in [0.717, 1.165) is 12.8 Å². The van der Waals surface area contributed by atoms with Crippen LogP contribution in [0.1, 0.15) is 51.2 Å². The maximum Gasteiger partial charge on any atom is 0.231 e. The number of rotatable bonds is 5. The Morgan fingerprint density at radius 3 is 2.63 bits per heavy atom. The normalized spacial score (nSPS) is 22.1. The van der Waals surface area contributed by atoms with Crippen LogP contribution < -0.4 is 5.73 Å². The van der Waals surface area contributed by atoms with Crippen molar-refractivity contribution in [2.75, 3.05) is 19.8 Å². The van der Waals surface area contributed by atoms with Crippen molar-refractivity contribution in [1.29, 1.82) is 0 Å². The van der Waals surface area contributed by atoms with Crippen LogP contribution in [0.5, 0.6) is 0 Å². The highest BCUT2D eigenvalue weighted by atomic mass is 16.5. The van der Waals surface area contributed by atoms with E-state index in [0.29, 0.717) is 31.5 Å². The first kappa shape index (κ1) is 14.4. The molecule has 2 atom stereocenters. The Kier molecular flexibility index (Phi) is 4.54. The Hall–Kier alpha value is -0.980. The lowest BCUT2D eigenvalue weighted by Gasteiger charge is -2.33. The zero-order chi connectivity index (χ0) is 13.9. The molecule has 0 amide bonds. The number of aromatic nitrogens is 2. The van der Waals surface area contributed by atoms with Gasteiger partial charge in [-0.15, -0.1) is 0 Å². The molecular weight excluding hydrogens is 246 g/mol. The maximum absolute atomic E-state index is 5.91. The summed E-state index contributed by atoms with van der Waals surface area (Å²) in [6.45, 7) is 7.83. The molecule has 0 radical (unpaired) electrons. The van der Waals surface area contributed by atoms with E-state index in [1.54, 1.807) is 0 Å². The van der Waals surface area contributed by atoms with E-state index in [1.807, 2.05) is 20.8 Å². The average Bonchev–Trinajstić information content (AvgIpc) is 2.89. The summed E-state index contributed by atoms with van der Waals surface area (Å²) in [5.74, 6) is 1.25. The van der Waals surface area contributed by atoms with Gasteiger partial charge in [-0.3, -0.25) is 0 Å². The van der Waals surface area contributed by atoms with Crippen molar-refractivity contribution in [2.24, 2.45) is 5.73 Å². The Labute approximate surface area is 113 Å². The van der Waals surface area contributed by atoms with Crippen LogP contribution in [-0.4, -0.2) is 36.0 Å². The molecule has 0 aliphatic carbocycles. The fourth-order valence-corrected chi connectivity index (χ4v) is 2.24. The van der Waals surface area contributed by atoms with E-state index >= 15 is 0 Å². The van der Waals surface area contributed by atoms with Gasteiger partial charge < -0.3 is 19.7 Å². The van der Waals surface area contributed by atoms with E-state index in [4.69, 9.17) is 19.7 Å². The number of hydrogen-bond donors (Lipinski definition) is 1. The minimum Gasteiger partial charge on any atom is -0.381 e. The molecule has 19 heavy (non-hydrogen) atoms. The van der Waals surface area contributed by atoms with E-state index in [-0.39, 0.29) is 12.0 Å². The first-order valence-electron chi connectivity index (χ1n) is 6.90. The Morgan fingerprint density at radius 2 is 2.05 bits per heavy atom. The van der Waals surface area contributed by atoms with Gasteiger partial charge in [0, 0.05) is 38.7 Å². The molecule has 1 fully saturated rings. The molecule has 2 rings (SSSR count). The number of ether oxygens (including phenoxy) is 2. The van der Waals surface area contributed by atoms with Gasteiger partial charge in [-0.2, -0.15) is 4.98 Å². The van der Waals surface area contributed by atoms with E-state index in [9.17, 15) is 0 Å². The molecule has 2 unspecified atom stereocenters. The average molecular weight is 269 g/mol. The molecule has 0 aromatic carbocycles. The minimum atomic E-state index is -0.466. The quantitative estimate of drug-likeness (QED) is 0.873. The zero-order valence-corrected chi connectivity index (χ0v) is 11.9. The standard InChI is InChI=1S/C13H23N3O3/c1-4-18-13(5-7-17-8-6-13)12-15-11(19-16-12)9(2)10(3)14/h9-10H,4-8,14H2,1-3H3. The molecule has 0 spiro atoms. The lowest BCUT2D eigenvalue weighted by Crippen LogP contribution is -2.37. The van der Waals surface area contributed by atoms with Crippen molar-refractivity contribution < 1.29 is 14.0 Å². The third-order valence-corrected chi connectivity index (χ3v) is 3.75. The molecule has 1 aliphatic rings. The monoisotopic (exact) mass is 269 g/mol. The van der Waals surface area contributed by atoms with Crippen LogP contribution in [0.4, 0.5) is 0 Å². The SMILES string of the molecule is CCOC1(c2noc(C(C)C(C)N)n2)CCOCC1. The summed E-state index contributed by atoms with van der Waals surface area (Å²) in [4.78, 5) is 4.51. The van der Waals surface area contributed by atoms with Gasteiger partial charge in [0.15, 0.2) is 0 Å². The number of nitrogens with two attached hydrogens (primary N) is 1. The molecule has 6 nitrogen and oxygen atoms in total. The Bertz CT molecular complexity index is 394. The van der Waals surface area contributed by atoms with Crippen molar-refractivity contribution >= 4 is 0 Å². The minimum absolute atomic E-state index is 0.0222. The fraction of sp³-hybridized carbons (Fsp3) is 0.846. The highest BCUT2D eigenvalue weighted by Gasteiger charge is 2.40. The smallest absolute Gasteiger partial charge is 0.231 e. The molecular formula is C13H23N3O3. The highest BCUT2D eigenvalue weighted by molar-refractivity contribution is 5.05. The number of nitrogens with zero attached hydrogens (tertiary/aromatic N) is 2. The first-order valence-corrected chi connectivity index (χ1v) is 6.90. The Morgan fingerprint density at radius 1 is 1.37 bits per heavy atom. The lowest BCUT2D eigenvalue weighted by atomic mass is 9.93. The second-order valence-electron chi connectivity index (χ2n) is 5.14. The van der Waals surface area contributed by atoms with Crippen molar-refractivity contribution in [1.82, 2.24) is 10.1 Å². The van der Waals surface area contributed by atoms with Crippen LogP contribution in [0.3, 0.4) is 0 Å². The summed E-state index contributed by atoms with van der Waals surface area (Å²) in [5, 5.41) is 4.11. The molecule has 2 heterocycles. The third kappa shape index (κ3) is 2.96. The Balaban J connectivity index is 2.23. The van der Waals surface area contributed by atoms with Crippen LogP contribution in [0, 0.1) is 0 Å². The molecule has 1 saturated heterocycles. The summed E-state index contributed by atoms with van der Waals surface area (Å²) in [6, 6.07) is -0.0222. The second kappa shape index (κ2) is 5.98. The van der Waals surface area contributed by atoms with Gasteiger partial charge in [0.05, 0.1) is 5.92 Å². The van der Waals surface area contributed by atoms with Crippen LogP contribution >= 0.6 is 0 Å². The molecule has 0 bridgehead atoms. The molecule has 108 valence electrons. The molecule has 1 aliphatic heterocycles. The molecule has 2 N–H and O–H groups in total. The van der Waals surface area contributed by atoms with Crippen molar-refractivity contribution in [2.45, 2.75) is 51.2 Å². The van der Waals surface area contributed by atoms with Crippen molar-refractivity contribution in [3.05, 3.63) is 11.7 Å². The molecule has 1 aromatic heterocycles. The highest BCUT2D eigenvalue weighted by Crippen LogP contribution is 2.35. The summed E-state index contributed by atoms with van der Waals surface area (Å²) in [5.41, 5.74) is 5.40. The van der Waals surface area contributed by atoms with E-state index in [2.05, 4.69) is 10.1 Å². The van der Waals surface area contributed by atoms with Gasteiger partial charge in [0.2, 0.25) is 11.7 Å². The summed E-state index contributed by atoms with van der Waals surface area (Å²) < 4.78 is 16.7. The van der Waals surface area contributed by atoms with Crippen LogP contribution in [0.25, 0.3) is 0 Å². The van der Waals surface area contributed by atoms with E-state index in [1.165, 1.54) is 0 Å². The van der Waals surface area contributed by atoms with Crippen molar-refractivity contribution in [3.8, 4) is 0 Å².